The van der Waals surface area contributed by atoms with Gasteiger partial charge in [0.2, 0.25) is 5.91 Å². The summed E-state index contributed by atoms with van der Waals surface area (Å²) in [6.07, 6.45) is 0.597. The van der Waals surface area contributed by atoms with Crippen LogP contribution >= 0.6 is 0 Å². The minimum absolute atomic E-state index is 0.0915. The predicted octanol–water partition coefficient (Wildman–Crippen LogP) is 3.12. The first-order valence-electron chi connectivity index (χ1n) is 9.27. The van der Waals surface area contributed by atoms with Crippen molar-refractivity contribution in [3.8, 4) is 11.5 Å². The Morgan fingerprint density at radius 3 is 2.52 bits per heavy atom. The van der Waals surface area contributed by atoms with Crippen LogP contribution in [-0.4, -0.2) is 38.5 Å². The molecule has 2 aromatic rings. The third kappa shape index (κ3) is 4.56. The number of carbonyl (C=O) groups is 3. The number of ketones is 1. The van der Waals surface area contributed by atoms with Gasteiger partial charge in [0.15, 0.2) is 23.9 Å². The zero-order chi connectivity index (χ0) is 21.0. The number of rotatable bonds is 8. The summed E-state index contributed by atoms with van der Waals surface area (Å²) in [6.45, 7) is 1.45. The van der Waals surface area contributed by atoms with Crippen LogP contribution in [0, 0.1) is 0 Å². The normalized spacial score (nSPS) is 14.7. The lowest BCUT2D eigenvalue weighted by atomic mass is 9.99. The van der Waals surface area contributed by atoms with Crippen molar-refractivity contribution in [1.29, 1.82) is 0 Å². The Bertz CT molecular complexity index is 952. The molecule has 0 unspecified atom stereocenters. The highest BCUT2D eigenvalue weighted by atomic mass is 16.5. The molecule has 0 saturated heterocycles. The first-order chi connectivity index (χ1) is 13.9. The third-order valence-electron chi connectivity index (χ3n) is 4.92. The molecule has 2 aromatic carbocycles. The van der Waals surface area contributed by atoms with Crippen LogP contribution in [-0.2, 0) is 20.7 Å². The van der Waals surface area contributed by atoms with Crippen LogP contribution < -0.4 is 14.8 Å². The molecule has 0 fully saturated rings. The molecule has 0 bridgehead atoms. The molecule has 7 nitrogen and oxygen atoms in total. The zero-order valence-electron chi connectivity index (χ0n) is 16.6. The number of nitrogens with one attached hydrogen (secondary N) is 1. The number of esters is 1. The fourth-order valence-electron chi connectivity index (χ4n) is 3.17. The van der Waals surface area contributed by atoms with E-state index in [0.717, 1.165) is 11.1 Å². The van der Waals surface area contributed by atoms with Gasteiger partial charge in [-0.2, -0.15) is 0 Å². The van der Waals surface area contributed by atoms with Gasteiger partial charge in [0.05, 0.1) is 20.1 Å². The fourth-order valence-corrected chi connectivity index (χ4v) is 3.17. The SMILES string of the molecule is COc1ccc(CCC(=O)OCC(=O)c2ccc3c(c2)[C@@H](C)C(=O)N3)cc1OC. The van der Waals surface area contributed by atoms with E-state index in [1.165, 1.54) is 0 Å². The summed E-state index contributed by atoms with van der Waals surface area (Å²) < 4.78 is 15.6. The van der Waals surface area contributed by atoms with Crippen molar-refractivity contribution in [2.75, 3.05) is 26.1 Å². The van der Waals surface area contributed by atoms with Gasteiger partial charge in [0.25, 0.3) is 0 Å². The Kier molecular flexibility index (Phi) is 6.16. The number of hydrogen-bond acceptors (Lipinski definition) is 6. The van der Waals surface area contributed by atoms with E-state index >= 15 is 0 Å². The zero-order valence-corrected chi connectivity index (χ0v) is 16.6. The summed E-state index contributed by atoms with van der Waals surface area (Å²) in [7, 11) is 3.11. The van der Waals surface area contributed by atoms with Crippen molar-refractivity contribution in [1.82, 2.24) is 0 Å². The maximum atomic E-state index is 12.4. The minimum Gasteiger partial charge on any atom is -0.493 e. The summed E-state index contributed by atoms with van der Waals surface area (Å²) in [5.41, 5.74) is 2.81. The lowest BCUT2D eigenvalue weighted by Gasteiger charge is -2.10. The minimum atomic E-state index is -0.459. The molecule has 0 saturated carbocycles. The number of Topliss-reactive ketones (excluding diaryl/α,β-unsaturated/α-hetero) is 1. The molecule has 1 aliphatic rings. The molecule has 0 aliphatic carbocycles. The standard InChI is InChI=1S/C22H23NO6/c1-13-16-11-15(6-7-17(16)23-22(13)26)18(24)12-29-21(25)9-5-14-4-8-19(27-2)20(10-14)28-3/h4,6-8,10-11,13H,5,9,12H2,1-3H3,(H,23,26)/t13-/m1/s1. The summed E-state index contributed by atoms with van der Waals surface area (Å²) in [6, 6.07) is 10.4. The van der Waals surface area contributed by atoms with Crippen molar-refractivity contribution in [2.24, 2.45) is 0 Å². The number of aryl methyl sites for hydroxylation is 1. The second kappa shape index (κ2) is 8.77. The van der Waals surface area contributed by atoms with E-state index in [1.54, 1.807) is 51.5 Å². The average molecular weight is 397 g/mol. The third-order valence-corrected chi connectivity index (χ3v) is 4.92. The van der Waals surface area contributed by atoms with E-state index in [4.69, 9.17) is 14.2 Å². The summed E-state index contributed by atoms with van der Waals surface area (Å²) in [4.78, 5) is 36.1. The lowest BCUT2D eigenvalue weighted by Crippen LogP contribution is -2.14. The first kappa shape index (κ1) is 20.4. The molecule has 7 heteroatoms. The number of benzene rings is 2. The molecular formula is C22H23NO6. The van der Waals surface area contributed by atoms with Gasteiger partial charge in [-0.1, -0.05) is 6.07 Å². The Hall–Kier alpha value is -3.35. The van der Waals surface area contributed by atoms with Gasteiger partial charge < -0.3 is 19.5 Å². The molecule has 1 heterocycles. The van der Waals surface area contributed by atoms with Crippen LogP contribution in [0.3, 0.4) is 0 Å². The van der Waals surface area contributed by atoms with Crippen LogP contribution in [0.4, 0.5) is 5.69 Å². The Morgan fingerprint density at radius 1 is 1.03 bits per heavy atom. The van der Waals surface area contributed by atoms with Crippen molar-refractivity contribution < 1.29 is 28.6 Å². The maximum absolute atomic E-state index is 12.4. The number of ether oxygens (including phenoxy) is 3. The molecule has 3 rings (SSSR count). The van der Waals surface area contributed by atoms with E-state index in [0.29, 0.717) is 29.2 Å². The van der Waals surface area contributed by atoms with E-state index < -0.39 is 5.97 Å². The average Bonchev–Trinajstić information content (AvgIpc) is 3.03. The van der Waals surface area contributed by atoms with Crippen LogP contribution in [0.2, 0.25) is 0 Å². The quantitative estimate of drug-likeness (QED) is 0.544. The second-order valence-corrected chi connectivity index (χ2v) is 6.79. The topological polar surface area (TPSA) is 90.9 Å². The van der Waals surface area contributed by atoms with Crippen LogP contribution in [0.1, 0.15) is 40.7 Å². The summed E-state index contributed by atoms with van der Waals surface area (Å²) in [5.74, 6) is 0.0450. The monoisotopic (exact) mass is 397 g/mol. The van der Waals surface area contributed by atoms with Gasteiger partial charge in [-0.05, 0) is 54.8 Å². The molecule has 0 aromatic heterocycles. The van der Waals surface area contributed by atoms with E-state index in [2.05, 4.69) is 5.32 Å². The summed E-state index contributed by atoms with van der Waals surface area (Å²) >= 11 is 0. The van der Waals surface area contributed by atoms with Crippen LogP contribution in [0.15, 0.2) is 36.4 Å². The Morgan fingerprint density at radius 2 is 1.79 bits per heavy atom. The van der Waals surface area contributed by atoms with Gasteiger partial charge in [-0.3, -0.25) is 14.4 Å². The molecule has 1 N–H and O–H groups in total. The van der Waals surface area contributed by atoms with E-state index in [-0.39, 0.29) is 30.6 Å². The van der Waals surface area contributed by atoms with Crippen molar-refractivity contribution in [3.63, 3.8) is 0 Å². The van der Waals surface area contributed by atoms with E-state index in [9.17, 15) is 14.4 Å². The number of fused-ring (bicyclic) bond motifs is 1. The number of methoxy groups -OCH3 is 2. The van der Waals surface area contributed by atoms with Gasteiger partial charge in [-0.15, -0.1) is 0 Å². The highest BCUT2D eigenvalue weighted by Crippen LogP contribution is 2.32. The van der Waals surface area contributed by atoms with Gasteiger partial charge in [0, 0.05) is 17.7 Å². The smallest absolute Gasteiger partial charge is 0.306 e. The lowest BCUT2D eigenvalue weighted by molar-refractivity contribution is -0.142. The summed E-state index contributed by atoms with van der Waals surface area (Å²) in [5, 5.41) is 2.76. The van der Waals surface area contributed by atoms with Crippen molar-refractivity contribution in [3.05, 3.63) is 53.1 Å². The number of carbonyl (C=O) groups excluding carboxylic acids is 3. The highest BCUT2D eigenvalue weighted by molar-refractivity contribution is 6.05. The Labute approximate surface area is 169 Å². The molecule has 0 radical (unpaired) electrons. The highest BCUT2D eigenvalue weighted by Gasteiger charge is 2.27. The Balaban J connectivity index is 1.52. The van der Waals surface area contributed by atoms with Gasteiger partial charge >= 0.3 is 5.97 Å². The van der Waals surface area contributed by atoms with Gasteiger partial charge in [0.1, 0.15) is 0 Å². The molecule has 1 aliphatic heterocycles. The van der Waals surface area contributed by atoms with Crippen LogP contribution in [0.5, 0.6) is 11.5 Å². The maximum Gasteiger partial charge on any atom is 0.306 e. The number of amides is 1. The molecule has 1 atom stereocenters. The molecular weight excluding hydrogens is 374 g/mol. The first-order valence-corrected chi connectivity index (χ1v) is 9.27. The van der Waals surface area contributed by atoms with Crippen molar-refractivity contribution >= 4 is 23.3 Å². The van der Waals surface area contributed by atoms with Crippen molar-refractivity contribution in [2.45, 2.75) is 25.7 Å². The predicted molar refractivity (Wildman–Crippen MR) is 107 cm³/mol. The second-order valence-electron chi connectivity index (χ2n) is 6.79. The van der Waals surface area contributed by atoms with E-state index in [1.807, 2.05) is 6.07 Å². The molecule has 29 heavy (non-hydrogen) atoms. The fraction of sp³-hybridized carbons (Fsp3) is 0.318. The van der Waals surface area contributed by atoms with Crippen LogP contribution in [0.25, 0.3) is 0 Å². The number of hydrogen-bond donors (Lipinski definition) is 1. The molecule has 1 amide bonds. The largest absolute Gasteiger partial charge is 0.493 e. The molecule has 0 spiro atoms. The molecule has 152 valence electrons. The number of anilines is 1. The van der Waals surface area contributed by atoms with Gasteiger partial charge in [-0.25, -0.2) is 0 Å².